The first kappa shape index (κ1) is 14.3. The van der Waals surface area contributed by atoms with Gasteiger partial charge in [-0.3, -0.25) is 0 Å². The van der Waals surface area contributed by atoms with Crippen LogP contribution in [0.4, 0.5) is 0 Å². The molecule has 100 valence electrons. The second kappa shape index (κ2) is 6.36. The standard InChI is InChI=1S/C13H12BrNO2S2/c1-16-11-6-8(13(15)18)2-3-10(11)17-7-12-9(14)4-5-19-12/h2-6H,7H2,1H3,(H2,15,18). The van der Waals surface area contributed by atoms with E-state index in [1.165, 1.54) is 0 Å². The molecule has 0 bridgehead atoms. The number of ether oxygens (including phenoxy) is 2. The topological polar surface area (TPSA) is 44.5 Å². The lowest BCUT2D eigenvalue weighted by Crippen LogP contribution is -2.09. The molecule has 0 atom stereocenters. The van der Waals surface area contributed by atoms with Gasteiger partial charge >= 0.3 is 0 Å². The smallest absolute Gasteiger partial charge is 0.161 e. The Balaban J connectivity index is 2.16. The minimum Gasteiger partial charge on any atom is -0.493 e. The van der Waals surface area contributed by atoms with Crippen molar-refractivity contribution in [2.75, 3.05) is 7.11 Å². The van der Waals surface area contributed by atoms with Gasteiger partial charge in [0.1, 0.15) is 11.6 Å². The number of methoxy groups -OCH3 is 1. The van der Waals surface area contributed by atoms with Crippen molar-refractivity contribution in [1.82, 2.24) is 0 Å². The highest BCUT2D eigenvalue weighted by molar-refractivity contribution is 9.10. The third-order valence-electron chi connectivity index (χ3n) is 2.50. The molecule has 0 saturated heterocycles. The summed E-state index contributed by atoms with van der Waals surface area (Å²) in [5.74, 6) is 1.29. The van der Waals surface area contributed by atoms with Crippen molar-refractivity contribution in [1.29, 1.82) is 0 Å². The molecular weight excluding hydrogens is 346 g/mol. The van der Waals surface area contributed by atoms with Gasteiger partial charge in [0, 0.05) is 10.0 Å². The number of thiocarbonyl (C=S) groups is 1. The van der Waals surface area contributed by atoms with Crippen molar-refractivity contribution in [2.45, 2.75) is 6.61 Å². The number of nitrogens with two attached hydrogens (primary N) is 1. The summed E-state index contributed by atoms with van der Waals surface area (Å²) < 4.78 is 12.1. The molecule has 19 heavy (non-hydrogen) atoms. The van der Waals surface area contributed by atoms with E-state index in [0.717, 1.165) is 14.9 Å². The van der Waals surface area contributed by atoms with Gasteiger partial charge < -0.3 is 15.2 Å². The first-order chi connectivity index (χ1) is 9.11. The first-order valence-corrected chi connectivity index (χ1v) is 7.52. The van der Waals surface area contributed by atoms with Gasteiger partial charge in [0.05, 0.1) is 12.0 Å². The Morgan fingerprint density at radius 2 is 2.16 bits per heavy atom. The van der Waals surface area contributed by atoms with Crippen LogP contribution in [0.3, 0.4) is 0 Å². The Morgan fingerprint density at radius 3 is 2.74 bits per heavy atom. The molecule has 0 aliphatic heterocycles. The predicted octanol–water partition coefficient (Wildman–Crippen LogP) is 3.73. The zero-order valence-electron chi connectivity index (χ0n) is 10.2. The molecule has 0 aliphatic carbocycles. The number of hydrogen-bond acceptors (Lipinski definition) is 4. The number of halogens is 1. The van der Waals surface area contributed by atoms with Crippen LogP contribution in [0.15, 0.2) is 34.1 Å². The van der Waals surface area contributed by atoms with Gasteiger partial charge in [0.25, 0.3) is 0 Å². The van der Waals surface area contributed by atoms with Crippen LogP contribution in [0.2, 0.25) is 0 Å². The lowest BCUT2D eigenvalue weighted by atomic mass is 10.2. The summed E-state index contributed by atoms with van der Waals surface area (Å²) in [6, 6.07) is 7.41. The van der Waals surface area contributed by atoms with Crippen LogP contribution in [0.1, 0.15) is 10.4 Å². The van der Waals surface area contributed by atoms with Crippen molar-refractivity contribution in [3.05, 3.63) is 44.6 Å². The molecule has 1 heterocycles. The largest absolute Gasteiger partial charge is 0.493 e. The number of hydrogen-bond donors (Lipinski definition) is 1. The van der Waals surface area contributed by atoms with E-state index in [1.807, 2.05) is 23.6 Å². The van der Waals surface area contributed by atoms with Crippen molar-refractivity contribution in [2.24, 2.45) is 5.73 Å². The normalized spacial score (nSPS) is 10.2. The fourth-order valence-corrected chi connectivity index (χ4v) is 3.02. The predicted molar refractivity (Wildman–Crippen MR) is 85.2 cm³/mol. The van der Waals surface area contributed by atoms with Gasteiger partial charge in [-0.1, -0.05) is 12.2 Å². The average molecular weight is 358 g/mol. The van der Waals surface area contributed by atoms with E-state index < -0.39 is 0 Å². The Kier molecular flexibility index (Phi) is 4.79. The summed E-state index contributed by atoms with van der Waals surface area (Å²) in [7, 11) is 1.59. The molecule has 6 heteroatoms. The van der Waals surface area contributed by atoms with Crippen LogP contribution in [0.25, 0.3) is 0 Å². The van der Waals surface area contributed by atoms with Gasteiger partial charge in [-0.15, -0.1) is 11.3 Å². The summed E-state index contributed by atoms with van der Waals surface area (Å²) in [6.45, 7) is 0.487. The molecule has 1 aromatic carbocycles. The van der Waals surface area contributed by atoms with Crippen LogP contribution in [-0.4, -0.2) is 12.1 Å². The van der Waals surface area contributed by atoms with Crippen LogP contribution in [-0.2, 0) is 6.61 Å². The zero-order valence-corrected chi connectivity index (χ0v) is 13.4. The summed E-state index contributed by atoms with van der Waals surface area (Å²) in [4.78, 5) is 1.46. The van der Waals surface area contributed by atoms with Crippen LogP contribution >= 0.6 is 39.5 Å². The maximum Gasteiger partial charge on any atom is 0.161 e. The van der Waals surface area contributed by atoms with Crippen molar-refractivity contribution in [3.8, 4) is 11.5 Å². The van der Waals surface area contributed by atoms with Gasteiger partial charge in [-0.05, 0) is 45.6 Å². The van der Waals surface area contributed by atoms with Crippen LogP contribution in [0, 0.1) is 0 Å². The molecule has 2 N–H and O–H groups in total. The highest BCUT2D eigenvalue weighted by atomic mass is 79.9. The highest BCUT2D eigenvalue weighted by Gasteiger charge is 2.09. The third kappa shape index (κ3) is 3.46. The van der Waals surface area contributed by atoms with Crippen LogP contribution < -0.4 is 15.2 Å². The minimum atomic E-state index is 0.339. The van der Waals surface area contributed by atoms with Gasteiger partial charge in [0.15, 0.2) is 11.5 Å². The molecule has 0 unspecified atom stereocenters. The van der Waals surface area contributed by atoms with Gasteiger partial charge in [-0.2, -0.15) is 0 Å². The maximum absolute atomic E-state index is 5.76. The Hall–Kier alpha value is -1.11. The molecule has 0 spiro atoms. The Bertz CT molecular complexity index is 598. The molecule has 0 fully saturated rings. The lowest BCUT2D eigenvalue weighted by molar-refractivity contribution is 0.287. The molecule has 0 radical (unpaired) electrons. The third-order valence-corrected chi connectivity index (χ3v) is 4.63. The monoisotopic (exact) mass is 357 g/mol. The molecule has 1 aromatic heterocycles. The van der Waals surface area contributed by atoms with E-state index in [9.17, 15) is 0 Å². The molecule has 0 amide bonds. The molecule has 2 aromatic rings. The van der Waals surface area contributed by atoms with E-state index in [2.05, 4.69) is 15.9 Å². The van der Waals surface area contributed by atoms with E-state index in [0.29, 0.717) is 23.1 Å². The molecular formula is C13H12BrNO2S2. The minimum absolute atomic E-state index is 0.339. The number of rotatable bonds is 5. The van der Waals surface area contributed by atoms with Gasteiger partial charge in [-0.25, -0.2) is 0 Å². The van der Waals surface area contributed by atoms with Crippen molar-refractivity contribution in [3.63, 3.8) is 0 Å². The number of thiophene rings is 1. The fourth-order valence-electron chi connectivity index (χ4n) is 1.51. The lowest BCUT2D eigenvalue weighted by Gasteiger charge is -2.11. The quantitative estimate of drug-likeness (QED) is 0.828. The van der Waals surface area contributed by atoms with Gasteiger partial charge in [0.2, 0.25) is 0 Å². The summed E-state index contributed by atoms with van der Waals surface area (Å²) in [6.07, 6.45) is 0. The Labute approximate surface area is 129 Å². The number of benzene rings is 1. The van der Waals surface area contributed by atoms with Crippen LogP contribution in [0.5, 0.6) is 11.5 Å². The summed E-state index contributed by atoms with van der Waals surface area (Å²) in [5, 5.41) is 2.01. The zero-order chi connectivity index (χ0) is 13.8. The summed E-state index contributed by atoms with van der Waals surface area (Å²) >= 11 is 10.0. The van der Waals surface area contributed by atoms with E-state index in [1.54, 1.807) is 24.5 Å². The highest BCUT2D eigenvalue weighted by Crippen LogP contribution is 2.30. The second-order valence-corrected chi connectivity index (χ2v) is 6.01. The van der Waals surface area contributed by atoms with E-state index >= 15 is 0 Å². The maximum atomic E-state index is 5.76. The van der Waals surface area contributed by atoms with E-state index in [4.69, 9.17) is 27.4 Å². The average Bonchev–Trinajstić information content (AvgIpc) is 2.81. The molecule has 0 saturated carbocycles. The first-order valence-electron chi connectivity index (χ1n) is 5.44. The second-order valence-electron chi connectivity index (χ2n) is 3.71. The van der Waals surface area contributed by atoms with Crippen molar-refractivity contribution < 1.29 is 9.47 Å². The SMILES string of the molecule is COc1cc(C(N)=S)ccc1OCc1sccc1Br. The molecule has 2 rings (SSSR count). The van der Waals surface area contributed by atoms with Crippen molar-refractivity contribution >= 4 is 44.5 Å². The van der Waals surface area contributed by atoms with E-state index in [-0.39, 0.29) is 0 Å². The Morgan fingerprint density at radius 1 is 1.37 bits per heavy atom. The fraction of sp³-hybridized carbons (Fsp3) is 0.154. The molecule has 0 aliphatic rings. The summed E-state index contributed by atoms with van der Waals surface area (Å²) in [5.41, 5.74) is 6.35. The molecule has 3 nitrogen and oxygen atoms in total.